The Hall–Kier alpha value is -1.18. The van der Waals surface area contributed by atoms with Crippen molar-refractivity contribution in [1.82, 2.24) is 14.2 Å². The van der Waals surface area contributed by atoms with Crippen molar-refractivity contribution in [2.45, 2.75) is 30.8 Å². The monoisotopic (exact) mass is 284 g/mol. The van der Waals surface area contributed by atoms with Crippen LogP contribution in [-0.4, -0.2) is 54.8 Å². The number of nitrogens with zero attached hydrogens (tertiary/aromatic N) is 3. The second-order valence-corrected chi connectivity index (χ2v) is 7.04. The van der Waals surface area contributed by atoms with E-state index in [1.807, 2.05) is 20.9 Å². The highest BCUT2D eigenvalue weighted by atomic mass is 32.2. The average molecular weight is 284 g/mol. The smallest absolute Gasteiger partial charge is 0.243 e. The van der Waals surface area contributed by atoms with Gasteiger partial charge in [-0.2, -0.15) is 4.31 Å². The second kappa shape index (κ2) is 5.07. The lowest BCUT2D eigenvalue weighted by atomic mass is 10.1. The number of anilines is 1. The molecule has 0 radical (unpaired) electrons. The summed E-state index contributed by atoms with van der Waals surface area (Å²) in [7, 11) is -1.47. The van der Waals surface area contributed by atoms with Crippen LogP contribution in [0.2, 0.25) is 0 Å². The van der Waals surface area contributed by atoms with Crippen molar-refractivity contribution in [2.75, 3.05) is 25.9 Å². The normalized spacial score (nSPS) is 26.5. The summed E-state index contributed by atoms with van der Waals surface area (Å²) >= 11 is 0. The molecule has 1 aliphatic heterocycles. The molecule has 19 heavy (non-hydrogen) atoms. The molecule has 0 amide bonds. The van der Waals surface area contributed by atoms with Gasteiger partial charge >= 0.3 is 0 Å². The van der Waals surface area contributed by atoms with E-state index >= 15 is 0 Å². The third-order valence-corrected chi connectivity index (χ3v) is 5.54. The van der Waals surface area contributed by atoms with Crippen molar-refractivity contribution >= 4 is 15.8 Å². The zero-order valence-corrected chi connectivity index (χ0v) is 12.3. The van der Waals surface area contributed by atoms with Crippen LogP contribution in [0.15, 0.2) is 23.2 Å². The first-order chi connectivity index (χ1) is 8.82. The topological polar surface area (TPSA) is 79.5 Å². The number of aromatic nitrogens is 1. The minimum absolute atomic E-state index is 0.192. The number of rotatable bonds is 2. The lowest BCUT2D eigenvalue weighted by Gasteiger charge is -2.41. The van der Waals surface area contributed by atoms with Crippen LogP contribution in [0.4, 0.5) is 5.82 Å². The molecule has 2 heterocycles. The van der Waals surface area contributed by atoms with Crippen molar-refractivity contribution in [2.24, 2.45) is 0 Å². The molecule has 2 rings (SSSR count). The zero-order valence-electron chi connectivity index (χ0n) is 11.4. The van der Waals surface area contributed by atoms with E-state index in [2.05, 4.69) is 9.88 Å². The van der Waals surface area contributed by atoms with E-state index in [-0.39, 0.29) is 22.8 Å². The van der Waals surface area contributed by atoms with E-state index in [0.717, 1.165) is 0 Å². The van der Waals surface area contributed by atoms with Gasteiger partial charge in [0, 0.05) is 37.4 Å². The molecule has 2 unspecified atom stereocenters. The SMILES string of the molecule is CC1CN(S(=O)(=O)c2ccnc(N)c2)CC(C)N1C. The molecule has 106 valence electrons. The average Bonchev–Trinajstić information content (AvgIpc) is 2.35. The van der Waals surface area contributed by atoms with Gasteiger partial charge in [0.05, 0.1) is 4.90 Å². The van der Waals surface area contributed by atoms with Crippen molar-refractivity contribution < 1.29 is 8.42 Å². The van der Waals surface area contributed by atoms with Gasteiger partial charge in [0.15, 0.2) is 0 Å². The predicted molar refractivity (Wildman–Crippen MR) is 74.1 cm³/mol. The molecule has 0 saturated carbocycles. The molecular formula is C12H20N4O2S. The molecule has 1 aliphatic rings. The van der Waals surface area contributed by atoms with Gasteiger partial charge in [-0.1, -0.05) is 0 Å². The van der Waals surface area contributed by atoms with Gasteiger partial charge in [-0.05, 0) is 27.0 Å². The van der Waals surface area contributed by atoms with Crippen molar-refractivity contribution in [3.05, 3.63) is 18.3 Å². The maximum atomic E-state index is 12.6. The van der Waals surface area contributed by atoms with E-state index < -0.39 is 10.0 Å². The quantitative estimate of drug-likeness (QED) is 0.849. The maximum absolute atomic E-state index is 12.6. The Labute approximate surface area is 114 Å². The van der Waals surface area contributed by atoms with Gasteiger partial charge in [-0.25, -0.2) is 13.4 Å². The fourth-order valence-electron chi connectivity index (χ4n) is 2.29. The largest absolute Gasteiger partial charge is 0.384 e. The minimum Gasteiger partial charge on any atom is -0.384 e. The lowest BCUT2D eigenvalue weighted by Crippen LogP contribution is -2.56. The van der Waals surface area contributed by atoms with Gasteiger partial charge in [0.25, 0.3) is 0 Å². The molecule has 1 aromatic heterocycles. The predicted octanol–water partition coefficient (Wildman–Crippen LogP) is 0.377. The fourth-order valence-corrected chi connectivity index (χ4v) is 3.91. The van der Waals surface area contributed by atoms with E-state index in [1.54, 1.807) is 0 Å². The van der Waals surface area contributed by atoms with Gasteiger partial charge in [0.1, 0.15) is 5.82 Å². The highest BCUT2D eigenvalue weighted by molar-refractivity contribution is 7.89. The summed E-state index contributed by atoms with van der Waals surface area (Å²) in [6, 6.07) is 3.28. The standard InChI is InChI=1S/C12H20N4O2S/c1-9-7-16(8-10(2)15(9)3)19(17,18)11-4-5-14-12(13)6-11/h4-6,9-10H,7-8H2,1-3H3,(H2,13,14). The van der Waals surface area contributed by atoms with Crippen LogP contribution in [0, 0.1) is 0 Å². The number of nitrogen functional groups attached to an aromatic ring is 1. The molecule has 7 heteroatoms. The summed E-state index contributed by atoms with van der Waals surface area (Å²) in [5.74, 6) is 0.219. The Morgan fingerprint density at radius 1 is 1.32 bits per heavy atom. The van der Waals surface area contributed by atoms with Crippen LogP contribution < -0.4 is 5.73 Å². The Kier molecular flexibility index (Phi) is 3.80. The van der Waals surface area contributed by atoms with Crippen LogP contribution >= 0.6 is 0 Å². The van der Waals surface area contributed by atoms with Crippen molar-refractivity contribution in [3.63, 3.8) is 0 Å². The van der Waals surface area contributed by atoms with Crippen LogP contribution in [0.1, 0.15) is 13.8 Å². The zero-order chi connectivity index (χ0) is 14.2. The maximum Gasteiger partial charge on any atom is 0.243 e. The molecule has 6 nitrogen and oxygen atoms in total. The van der Waals surface area contributed by atoms with E-state index in [1.165, 1.54) is 22.6 Å². The van der Waals surface area contributed by atoms with Gasteiger partial charge in [-0.15, -0.1) is 0 Å². The van der Waals surface area contributed by atoms with Crippen LogP contribution in [-0.2, 0) is 10.0 Å². The Bertz CT molecular complexity index is 549. The number of sulfonamides is 1. The first-order valence-corrected chi connectivity index (χ1v) is 7.70. The van der Waals surface area contributed by atoms with E-state index in [9.17, 15) is 8.42 Å². The Morgan fingerprint density at radius 3 is 2.42 bits per heavy atom. The van der Waals surface area contributed by atoms with Gasteiger partial charge in [0.2, 0.25) is 10.0 Å². The molecule has 1 aromatic rings. The third kappa shape index (κ3) is 2.72. The molecule has 2 atom stereocenters. The van der Waals surface area contributed by atoms with Crippen molar-refractivity contribution in [3.8, 4) is 0 Å². The summed E-state index contributed by atoms with van der Waals surface area (Å²) in [6.07, 6.45) is 1.42. The molecule has 0 aromatic carbocycles. The summed E-state index contributed by atoms with van der Waals surface area (Å²) in [4.78, 5) is 6.23. The Balaban J connectivity index is 2.30. The molecular weight excluding hydrogens is 264 g/mol. The van der Waals surface area contributed by atoms with Gasteiger partial charge in [-0.3, -0.25) is 4.90 Å². The number of hydrogen-bond acceptors (Lipinski definition) is 5. The number of pyridine rings is 1. The second-order valence-electron chi connectivity index (χ2n) is 5.10. The number of likely N-dealkylation sites (N-methyl/N-ethyl adjacent to an activating group) is 1. The van der Waals surface area contributed by atoms with Crippen LogP contribution in [0.3, 0.4) is 0 Å². The fraction of sp³-hybridized carbons (Fsp3) is 0.583. The molecule has 0 bridgehead atoms. The van der Waals surface area contributed by atoms with Crippen LogP contribution in [0.25, 0.3) is 0 Å². The highest BCUT2D eigenvalue weighted by Crippen LogP contribution is 2.22. The van der Waals surface area contributed by atoms with E-state index in [4.69, 9.17) is 5.73 Å². The molecule has 0 spiro atoms. The number of piperazine rings is 1. The first kappa shape index (κ1) is 14.2. The summed E-state index contributed by atoms with van der Waals surface area (Å²) in [5, 5.41) is 0. The molecule has 2 N–H and O–H groups in total. The minimum atomic E-state index is -3.49. The number of nitrogens with two attached hydrogens (primary N) is 1. The van der Waals surface area contributed by atoms with Gasteiger partial charge < -0.3 is 5.73 Å². The number of hydrogen-bond donors (Lipinski definition) is 1. The summed E-state index contributed by atoms with van der Waals surface area (Å²) < 4.78 is 26.6. The van der Waals surface area contributed by atoms with Crippen LogP contribution in [0.5, 0.6) is 0 Å². The van der Waals surface area contributed by atoms with Crippen molar-refractivity contribution in [1.29, 1.82) is 0 Å². The molecule has 1 fully saturated rings. The highest BCUT2D eigenvalue weighted by Gasteiger charge is 2.34. The molecule has 0 aliphatic carbocycles. The lowest BCUT2D eigenvalue weighted by molar-refractivity contribution is 0.105. The van der Waals surface area contributed by atoms with E-state index in [0.29, 0.717) is 13.1 Å². The Morgan fingerprint density at radius 2 is 1.89 bits per heavy atom. The summed E-state index contributed by atoms with van der Waals surface area (Å²) in [5.41, 5.74) is 5.56. The third-order valence-electron chi connectivity index (χ3n) is 3.72. The molecule has 1 saturated heterocycles. The summed E-state index contributed by atoms with van der Waals surface area (Å²) in [6.45, 7) is 5.04. The first-order valence-electron chi connectivity index (χ1n) is 6.26.